The summed E-state index contributed by atoms with van der Waals surface area (Å²) in [5.41, 5.74) is 2.96. The fourth-order valence-electron chi connectivity index (χ4n) is 3.96. The summed E-state index contributed by atoms with van der Waals surface area (Å²) in [6, 6.07) is 24.1. The maximum atomic E-state index is 6.00. The molecule has 0 heterocycles. The molecular formula is C22H21Cl. The average Bonchev–Trinajstić information content (AvgIpc) is 2.62. The molecule has 4 rings (SSSR count). The Morgan fingerprint density at radius 3 is 1.87 bits per heavy atom. The van der Waals surface area contributed by atoms with E-state index < -0.39 is 0 Å². The van der Waals surface area contributed by atoms with Gasteiger partial charge >= 0.3 is 0 Å². The summed E-state index contributed by atoms with van der Waals surface area (Å²) in [4.78, 5) is 0. The van der Waals surface area contributed by atoms with Crippen molar-refractivity contribution in [3.63, 3.8) is 0 Å². The summed E-state index contributed by atoms with van der Waals surface area (Å²) >= 11 is 6.00. The van der Waals surface area contributed by atoms with Crippen LogP contribution in [0.1, 0.15) is 48.6 Å². The second-order valence-corrected chi connectivity index (χ2v) is 7.14. The van der Waals surface area contributed by atoms with Gasteiger partial charge in [-0.1, -0.05) is 66.2 Å². The first-order valence-corrected chi connectivity index (χ1v) is 8.91. The first-order valence-electron chi connectivity index (χ1n) is 8.54. The zero-order chi connectivity index (χ0) is 15.6. The molecule has 0 nitrogen and oxygen atoms in total. The van der Waals surface area contributed by atoms with Crippen molar-refractivity contribution in [2.75, 3.05) is 0 Å². The molecule has 1 saturated carbocycles. The monoisotopic (exact) mass is 320 g/mol. The second-order valence-electron chi connectivity index (χ2n) is 6.71. The van der Waals surface area contributed by atoms with Crippen molar-refractivity contribution in [1.82, 2.24) is 0 Å². The van der Waals surface area contributed by atoms with Gasteiger partial charge in [-0.2, -0.15) is 0 Å². The van der Waals surface area contributed by atoms with Gasteiger partial charge in [-0.15, -0.1) is 0 Å². The van der Waals surface area contributed by atoms with Gasteiger partial charge in [-0.05, 0) is 71.6 Å². The number of fused-ring (bicyclic) bond motifs is 1. The van der Waals surface area contributed by atoms with Gasteiger partial charge < -0.3 is 0 Å². The first kappa shape index (κ1) is 14.8. The van der Waals surface area contributed by atoms with Crippen LogP contribution >= 0.6 is 11.6 Å². The van der Waals surface area contributed by atoms with Crippen molar-refractivity contribution in [2.24, 2.45) is 0 Å². The van der Waals surface area contributed by atoms with Gasteiger partial charge in [-0.3, -0.25) is 0 Å². The summed E-state index contributed by atoms with van der Waals surface area (Å²) in [5, 5.41) is 3.54. The Bertz CT molecular complexity index is 796. The fraction of sp³-hybridized carbons (Fsp3) is 0.273. The minimum Gasteiger partial charge on any atom is -0.0843 e. The minimum absolute atomic E-state index is 0.698. The summed E-state index contributed by atoms with van der Waals surface area (Å²) < 4.78 is 0. The van der Waals surface area contributed by atoms with Gasteiger partial charge in [0, 0.05) is 5.02 Å². The predicted octanol–water partition coefficient (Wildman–Crippen LogP) is 6.93. The third-order valence-corrected chi connectivity index (χ3v) is 5.57. The summed E-state index contributed by atoms with van der Waals surface area (Å²) in [6.45, 7) is 0. The molecule has 0 amide bonds. The van der Waals surface area contributed by atoms with Gasteiger partial charge in [-0.25, -0.2) is 0 Å². The van der Waals surface area contributed by atoms with Crippen molar-refractivity contribution in [3.8, 4) is 0 Å². The van der Waals surface area contributed by atoms with Crippen molar-refractivity contribution in [1.29, 1.82) is 0 Å². The molecule has 0 N–H and O–H groups in total. The lowest BCUT2D eigenvalue weighted by Gasteiger charge is -2.29. The highest BCUT2D eigenvalue weighted by atomic mass is 35.5. The normalized spacial score (nSPS) is 21.4. The average molecular weight is 321 g/mol. The van der Waals surface area contributed by atoms with Crippen LogP contribution in [-0.2, 0) is 0 Å². The van der Waals surface area contributed by atoms with Crippen LogP contribution in [-0.4, -0.2) is 0 Å². The second kappa shape index (κ2) is 6.37. The van der Waals surface area contributed by atoms with Crippen LogP contribution < -0.4 is 0 Å². The van der Waals surface area contributed by atoms with E-state index in [1.165, 1.54) is 47.6 Å². The molecule has 0 bridgehead atoms. The number of halogens is 1. The zero-order valence-electron chi connectivity index (χ0n) is 13.2. The first-order chi connectivity index (χ1) is 11.3. The number of hydrogen-bond donors (Lipinski definition) is 0. The quantitative estimate of drug-likeness (QED) is 0.480. The molecule has 1 heteroatoms. The Hall–Kier alpha value is -1.79. The maximum absolute atomic E-state index is 6.00. The van der Waals surface area contributed by atoms with Crippen molar-refractivity contribution in [3.05, 3.63) is 82.9 Å². The minimum atomic E-state index is 0.698. The highest BCUT2D eigenvalue weighted by molar-refractivity contribution is 6.30. The molecular weight excluding hydrogens is 300 g/mol. The van der Waals surface area contributed by atoms with Crippen molar-refractivity contribution >= 4 is 22.4 Å². The van der Waals surface area contributed by atoms with Crippen LogP contribution in [0.2, 0.25) is 5.02 Å². The third-order valence-electron chi connectivity index (χ3n) is 5.31. The van der Waals surface area contributed by atoms with Crippen LogP contribution in [0.3, 0.4) is 0 Å². The standard InChI is InChI=1S/C22H21Cl/c23-22-13-11-18(12-14-22)17-5-7-19(8-6-17)21-10-9-16-3-1-2-4-20(16)15-21/h1-4,9-15,17,19H,5-8H2. The lowest BCUT2D eigenvalue weighted by atomic mass is 9.76. The van der Waals surface area contributed by atoms with Gasteiger partial charge in [0.05, 0.1) is 0 Å². The van der Waals surface area contributed by atoms with E-state index in [0.717, 1.165) is 5.02 Å². The van der Waals surface area contributed by atoms with Crippen LogP contribution in [0.15, 0.2) is 66.7 Å². The van der Waals surface area contributed by atoms with E-state index in [4.69, 9.17) is 11.6 Å². The van der Waals surface area contributed by atoms with Crippen LogP contribution in [0.5, 0.6) is 0 Å². The molecule has 0 aromatic heterocycles. The Balaban J connectivity index is 1.49. The van der Waals surface area contributed by atoms with Crippen LogP contribution in [0.25, 0.3) is 10.8 Å². The lowest BCUT2D eigenvalue weighted by Crippen LogP contribution is -2.12. The molecule has 0 spiro atoms. The summed E-state index contributed by atoms with van der Waals surface area (Å²) in [7, 11) is 0. The zero-order valence-corrected chi connectivity index (χ0v) is 14.0. The summed E-state index contributed by atoms with van der Waals surface area (Å²) in [5.74, 6) is 1.41. The molecule has 0 unspecified atom stereocenters. The molecule has 23 heavy (non-hydrogen) atoms. The fourth-order valence-corrected chi connectivity index (χ4v) is 4.08. The largest absolute Gasteiger partial charge is 0.0843 e. The molecule has 1 fully saturated rings. The van der Waals surface area contributed by atoms with Gasteiger partial charge in [0.25, 0.3) is 0 Å². The van der Waals surface area contributed by atoms with Gasteiger partial charge in [0.2, 0.25) is 0 Å². The van der Waals surface area contributed by atoms with E-state index >= 15 is 0 Å². The Morgan fingerprint density at radius 1 is 0.609 bits per heavy atom. The third kappa shape index (κ3) is 3.14. The van der Waals surface area contributed by atoms with E-state index in [-0.39, 0.29) is 0 Å². The van der Waals surface area contributed by atoms with Crippen LogP contribution in [0.4, 0.5) is 0 Å². The molecule has 0 saturated heterocycles. The van der Waals surface area contributed by atoms with E-state index in [0.29, 0.717) is 11.8 Å². The Labute approximate surface area is 143 Å². The number of hydrogen-bond acceptors (Lipinski definition) is 0. The Kier molecular flexibility index (Phi) is 4.10. The lowest BCUT2D eigenvalue weighted by molar-refractivity contribution is 0.396. The molecule has 0 aliphatic heterocycles. The van der Waals surface area contributed by atoms with E-state index in [9.17, 15) is 0 Å². The van der Waals surface area contributed by atoms with Crippen molar-refractivity contribution < 1.29 is 0 Å². The van der Waals surface area contributed by atoms with Crippen molar-refractivity contribution in [2.45, 2.75) is 37.5 Å². The molecule has 116 valence electrons. The molecule has 3 aromatic carbocycles. The highest BCUT2D eigenvalue weighted by Gasteiger charge is 2.23. The maximum Gasteiger partial charge on any atom is 0.0406 e. The van der Waals surface area contributed by atoms with Crippen LogP contribution in [0, 0.1) is 0 Å². The highest BCUT2D eigenvalue weighted by Crippen LogP contribution is 2.41. The topological polar surface area (TPSA) is 0 Å². The van der Waals surface area contributed by atoms with E-state index in [1.807, 2.05) is 12.1 Å². The number of benzene rings is 3. The molecule has 0 atom stereocenters. The molecule has 1 aliphatic carbocycles. The predicted molar refractivity (Wildman–Crippen MR) is 99.4 cm³/mol. The van der Waals surface area contributed by atoms with Gasteiger partial charge in [0.1, 0.15) is 0 Å². The number of rotatable bonds is 2. The summed E-state index contributed by atoms with van der Waals surface area (Å²) in [6.07, 6.45) is 5.12. The Morgan fingerprint density at radius 2 is 1.17 bits per heavy atom. The smallest absolute Gasteiger partial charge is 0.0406 e. The van der Waals surface area contributed by atoms with Gasteiger partial charge in [0.15, 0.2) is 0 Å². The van der Waals surface area contributed by atoms with E-state index in [2.05, 4.69) is 54.6 Å². The molecule has 3 aromatic rings. The van der Waals surface area contributed by atoms with E-state index in [1.54, 1.807) is 0 Å². The SMILES string of the molecule is Clc1ccc(C2CCC(c3ccc4ccccc4c3)CC2)cc1. The molecule has 1 aliphatic rings. The molecule has 0 radical (unpaired) electrons.